The second kappa shape index (κ2) is 11.6. The minimum Gasteiger partial charge on any atom is -0.508 e. The fraction of sp³-hybridized carbons (Fsp3) is 0.357. The molecule has 38 heavy (non-hydrogen) atoms. The number of likely N-dealkylation sites (N-methyl/N-ethyl adjacent to an activating group) is 1. The lowest BCUT2D eigenvalue weighted by molar-refractivity contribution is 0.0784. The van der Waals surface area contributed by atoms with Gasteiger partial charge >= 0.3 is 0 Å². The number of phenolic OH excluding ortho intramolecular Hbond substituents is 1. The Morgan fingerprint density at radius 1 is 1.13 bits per heavy atom. The van der Waals surface area contributed by atoms with Gasteiger partial charge in [0.25, 0.3) is 5.91 Å². The zero-order valence-electron chi connectivity index (χ0n) is 22.5. The zero-order chi connectivity index (χ0) is 27.4. The van der Waals surface area contributed by atoms with Gasteiger partial charge in [-0.25, -0.2) is 15.0 Å². The highest BCUT2D eigenvalue weighted by molar-refractivity contribution is 6.07. The number of aliphatic hydroxyl groups is 1. The normalized spacial score (nSPS) is 12.1. The number of nitrogens with one attached hydrogen (secondary N) is 2. The molecular formula is C28H35N7O3. The summed E-state index contributed by atoms with van der Waals surface area (Å²) in [6.45, 7) is 5.19. The number of carbonyl (C=O) groups is 1. The average molecular weight is 518 g/mol. The molecule has 200 valence electrons. The molecule has 1 aromatic carbocycles. The number of hydrogen-bond donors (Lipinski definition) is 4. The van der Waals surface area contributed by atoms with Crippen molar-refractivity contribution >= 4 is 22.5 Å². The van der Waals surface area contributed by atoms with Crippen LogP contribution in [-0.4, -0.2) is 73.8 Å². The van der Waals surface area contributed by atoms with Crippen molar-refractivity contribution in [2.75, 3.05) is 32.5 Å². The second-order valence-electron chi connectivity index (χ2n) is 9.42. The number of imidazole rings is 1. The van der Waals surface area contributed by atoms with Crippen molar-refractivity contribution in [3.63, 3.8) is 0 Å². The molecule has 0 spiro atoms. The van der Waals surface area contributed by atoms with Crippen molar-refractivity contribution in [1.29, 1.82) is 0 Å². The lowest BCUT2D eigenvalue weighted by atomic mass is 10.0. The number of pyridine rings is 2. The van der Waals surface area contributed by atoms with Gasteiger partial charge in [-0.2, -0.15) is 0 Å². The van der Waals surface area contributed by atoms with Crippen LogP contribution in [0.5, 0.6) is 5.75 Å². The number of aliphatic hydroxyl groups excluding tert-OH is 1. The van der Waals surface area contributed by atoms with E-state index in [9.17, 15) is 15.0 Å². The van der Waals surface area contributed by atoms with E-state index in [1.54, 1.807) is 49.5 Å². The first-order valence-corrected chi connectivity index (χ1v) is 12.6. The molecule has 0 aliphatic rings. The Labute approximate surface area is 222 Å². The quantitative estimate of drug-likeness (QED) is 0.253. The van der Waals surface area contributed by atoms with Crippen LogP contribution in [0.2, 0.25) is 0 Å². The zero-order valence-corrected chi connectivity index (χ0v) is 22.5. The molecule has 0 saturated heterocycles. The van der Waals surface area contributed by atoms with Gasteiger partial charge in [-0.1, -0.05) is 6.92 Å². The number of aryl methyl sites for hydroxylation is 2. The van der Waals surface area contributed by atoms with Gasteiger partial charge in [0, 0.05) is 39.0 Å². The summed E-state index contributed by atoms with van der Waals surface area (Å²) in [7, 11) is 5.49. The van der Waals surface area contributed by atoms with Crippen LogP contribution < -0.4 is 10.6 Å². The molecule has 10 nitrogen and oxygen atoms in total. The SMILES string of the molecule is CCc1ncc(CN(C)C(=O)c2cc(-c3ccc(NCC(O)CNC)c(C)n3)nc3ccc(O)cc23)n1C. The topological polar surface area (TPSA) is 128 Å². The third kappa shape index (κ3) is 5.76. The Balaban J connectivity index is 1.67. The smallest absolute Gasteiger partial charge is 0.254 e. The van der Waals surface area contributed by atoms with Crippen LogP contribution in [-0.2, 0) is 20.0 Å². The summed E-state index contributed by atoms with van der Waals surface area (Å²) in [6.07, 6.45) is 2.08. The third-order valence-electron chi connectivity index (χ3n) is 6.58. The Bertz CT molecular complexity index is 1450. The van der Waals surface area contributed by atoms with E-state index < -0.39 is 6.10 Å². The molecule has 4 rings (SSSR count). The minimum absolute atomic E-state index is 0.0628. The lowest BCUT2D eigenvalue weighted by Crippen LogP contribution is -2.30. The van der Waals surface area contributed by atoms with Crippen molar-refractivity contribution in [1.82, 2.24) is 29.7 Å². The standard InChI is InChI=1S/C28H35N7O3/c1-6-27-31-13-18(35(27)5)16-34(4)28(38)22-12-26(33-24-8-7-19(36)11-21(22)24)25-10-9-23(17(2)32-25)30-15-20(37)14-29-3/h7-13,20,29-30,36-37H,6,14-16H2,1-5H3. The number of carbonyl (C=O) groups excluding carboxylic acids is 1. The number of amides is 1. The van der Waals surface area contributed by atoms with Crippen LogP contribution in [0.3, 0.4) is 0 Å². The van der Waals surface area contributed by atoms with Crippen molar-refractivity contribution < 1.29 is 15.0 Å². The molecular weight excluding hydrogens is 482 g/mol. The predicted molar refractivity (Wildman–Crippen MR) is 148 cm³/mol. The van der Waals surface area contributed by atoms with E-state index in [0.29, 0.717) is 47.5 Å². The van der Waals surface area contributed by atoms with E-state index >= 15 is 0 Å². The molecule has 10 heteroatoms. The van der Waals surface area contributed by atoms with Gasteiger partial charge in [-0.15, -0.1) is 0 Å². The summed E-state index contributed by atoms with van der Waals surface area (Å²) in [5, 5.41) is 26.9. The number of aromatic hydroxyl groups is 1. The van der Waals surface area contributed by atoms with Crippen molar-refractivity contribution in [2.45, 2.75) is 32.9 Å². The average Bonchev–Trinajstić information content (AvgIpc) is 3.25. The fourth-order valence-electron chi connectivity index (χ4n) is 4.43. The first-order valence-electron chi connectivity index (χ1n) is 12.6. The summed E-state index contributed by atoms with van der Waals surface area (Å²) in [5.74, 6) is 0.822. The minimum atomic E-state index is -0.525. The molecule has 0 aliphatic carbocycles. The maximum absolute atomic E-state index is 13.7. The number of benzene rings is 1. The summed E-state index contributed by atoms with van der Waals surface area (Å²) < 4.78 is 2.01. The van der Waals surface area contributed by atoms with Crippen LogP contribution in [0.15, 0.2) is 42.6 Å². The molecule has 1 unspecified atom stereocenters. The largest absolute Gasteiger partial charge is 0.508 e. The molecule has 3 heterocycles. The van der Waals surface area contributed by atoms with Gasteiger partial charge in [-0.05, 0) is 50.4 Å². The predicted octanol–water partition coefficient (Wildman–Crippen LogP) is 2.87. The monoisotopic (exact) mass is 517 g/mol. The number of anilines is 1. The van der Waals surface area contributed by atoms with Gasteiger partial charge in [0.1, 0.15) is 11.6 Å². The molecule has 4 N–H and O–H groups in total. The third-order valence-corrected chi connectivity index (χ3v) is 6.58. The maximum atomic E-state index is 13.7. The van der Waals surface area contributed by atoms with Crippen molar-refractivity contribution in [2.24, 2.45) is 7.05 Å². The Morgan fingerprint density at radius 2 is 1.92 bits per heavy atom. The fourth-order valence-corrected chi connectivity index (χ4v) is 4.43. The lowest BCUT2D eigenvalue weighted by Gasteiger charge is -2.19. The number of nitrogens with zero attached hydrogens (tertiary/aromatic N) is 5. The molecule has 4 aromatic rings. The number of aromatic nitrogens is 4. The van der Waals surface area contributed by atoms with Crippen LogP contribution in [0, 0.1) is 6.92 Å². The Morgan fingerprint density at radius 3 is 2.61 bits per heavy atom. The van der Waals surface area contributed by atoms with Gasteiger partial charge < -0.3 is 30.3 Å². The van der Waals surface area contributed by atoms with E-state index in [2.05, 4.69) is 15.6 Å². The first kappa shape index (κ1) is 27.0. The van der Waals surface area contributed by atoms with E-state index in [1.165, 1.54) is 0 Å². The molecule has 0 bridgehead atoms. The highest BCUT2D eigenvalue weighted by Crippen LogP contribution is 2.29. The number of rotatable bonds is 10. The van der Waals surface area contributed by atoms with Crippen LogP contribution >= 0.6 is 0 Å². The molecule has 1 atom stereocenters. The van der Waals surface area contributed by atoms with E-state index in [-0.39, 0.29) is 11.7 Å². The Kier molecular flexibility index (Phi) is 8.23. The molecule has 0 aliphatic heterocycles. The first-order chi connectivity index (χ1) is 18.2. The van der Waals surface area contributed by atoms with E-state index in [0.717, 1.165) is 29.3 Å². The van der Waals surface area contributed by atoms with E-state index in [1.807, 2.05) is 37.6 Å². The molecule has 0 saturated carbocycles. The van der Waals surface area contributed by atoms with Crippen molar-refractivity contribution in [3.8, 4) is 17.1 Å². The number of hydrogen-bond acceptors (Lipinski definition) is 8. The summed E-state index contributed by atoms with van der Waals surface area (Å²) in [4.78, 5) is 29.2. The van der Waals surface area contributed by atoms with Gasteiger partial charge in [0.05, 0.1) is 58.4 Å². The Hall–Kier alpha value is -4.02. The highest BCUT2D eigenvalue weighted by Gasteiger charge is 2.20. The van der Waals surface area contributed by atoms with Crippen LogP contribution in [0.4, 0.5) is 5.69 Å². The summed E-state index contributed by atoms with van der Waals surface area (Å²) >= 11 is 0. The number of fused-ring (bicyclic) bond motifs is 1. The van der Waals surface area contributed by atoms with Gasteiger partial charge in [0.15, 0.2) is 0 Å². The van der Waals surface area contributed by atoms with Crippen molar-refractivity contribution in [3.05, 3.63) is 65.4 Å². The molecule has 0 fully saturated rings. The maximum Gasteiger partial charge on any atom is 0.254 e. The molecule has 3 aromatic heterocycles. The highest BCUT2D eigenvalue weighted by atomic mass is 16.3. The van der Waals surface area contributed by atoms with Gasteiger partial charge in [0.2, 0.25) is 0 Å². The van der Waals surface area contributed by atoms with Crippen LogP contribution in [0.25, 0.3) is 22.3 Å². The molecule has 0 radical (unpaired) electrons. The number of phenols is 1. The van der Waals surface area contributed by atoms with E-state index in [4.69, 9.17) is 9.97 Å². The second-order valence-corrected chi connectivity index (χ2v) is 9.42. The summed E-state index contributed by atoms with van der Waals surface area (Å²) in [5.41, 5.74) is 4.68. The summed E-state index contributed by atoms with van der Waals surface area (Å²) in [6, 6.07) is 10.3. The van der Waals surface area contributed by atoms with Crippen LogP contribution in [0.1, 0.15) is 34.5 Å². The molecule has 1 amide bonds. The van der Waals surface area contributed by atoms with Gasteiger partial charge in [-0.3, -0.25) is 4.79 Å².